The van der Waals surface area contributed by atoms with Gasteiger partial charge in [0.05, 0.1) is 18.1 Å². The molecule has 0 N–H and O–H groups in total. The normalized spacial score (nSPS) is 14.6. The second-order valence-electron chi connectivity index (χ2n) is 9.11. The number of likely N-dealkylation sites (N-methyl/N-ethyl adjacent to an activating group) is 2. The number of carbonyl (C=O) groups excluding carboxylic acids is 2. The van der Waals surface area contributed by atoms with Gasteiger partial charge >= 0.3 is 0 Å². The molecule has 2 atom stereocenters. The van der Waals surface area contributed by atoms with Crippen molar-refractivity contribution in [3.05, 3.63) is 70.8 Å². The highest BCUT2D eigenvalue weighted by Crippen LogP contribution is 2.28. The van der Waals surface area contributed by atoms with Crippen LogP contribution in [0.3, 0.4) is 0 Å². The molecule has 32 heavy (non-hydrogen) atoms. The van der Waals surface area contributed by atoms with Gasteiger partial charge in [-0.05, 0) is 66.3 Å². The predicted octanol–water partition coefficient (Wildman–Crippen LogP) is 4.38. The minimum Gasteiger partial charge on any atom is -0.299 e. The third-order valence-corrected chi connectivity index (χ3v) is 6.16. The molecule has 2 unspecified atom stereocenters. The van der Waals surface area contributed by atoms with Gasteiger partial charge in [-0.1, -0.05) is 62.4 Å². The number of hydrogen-bond acceptors (Lipinski definition) is 5. The molecule has 2 aromatic rings. The van der Waals surface area contributed by atoms with Crippen LogP contribution in [-0.2, 0) is 0 Å². The Labute approximate surface area is 194 Å². The monoisotopic (exact) mass is 437 g/mol. The zero-order valence-electron chi connectivity index (χ0n) is 20.9. The number of hydrogen-bond donors (Lipinski definition) is 0. The Morgan fingerprint density at radius 2 is 0.906 bits per heavy atom. The highest BCUT2D eigenvalue weighted by Gasteiger charge is 2.23. The topological polar surface area (TPSA) is 43.9 Å². The highest BCUT2D eigenvalue weighted by molar-refractivity contribution is 6.00. The van der Waals surface area contributed by atoms with E-state index in [0.717, 1.165) is 35.1 Å². The third kappa shape index (κ3) is 5.91. The van der Waals surface area contributed by atoms with Crippen LogP contribution in [0.15, 0.2) is 48.5 Å². The number of Topliss-reactive ketones (excluding diaryl/α,β-unsaturated/α-hetero) is 2. The van der Waals surface area contributed by atoms with Crippen LogP contribution in [-0.4, -0.2) is 80.6 Å². The average Bonchev–Trinajstić information content (AvgIpc) is 2.75. The second kappa shape index (κ2) is 11.5. The van der Waals surface area contributed by atoms with E-state index in [1.807, 2.05) is 114 Å². The van der Waals surface area contributed by atoms with Gasteiger partial charge in [0.15, 0.2) is 11.6 Å². The summed E-state index contributed by atoms with van der Waals surface area (Å²) in [5.74, 6) is 0.305. The first-order valence-corrected chi connectivity index (χ1v) is 11.4. The van der Waals surface area contributed by atoms with Gasteiger partial charge in [0, 0.05) is 11.1 Å². The Bertz CT molecular complexity index is 815. The minimum absolute atomic E-state index is 0.0370. The molecule has 2 rings (SSSR count). The summed E-state index contributed by atoms with van der Waals surface area (Å²) in [6.45, 7) is 4.07. The molecule has 0 aromatic heterocycles. The molecular weight excluding hydrogens is 398 g/mol. The molecule has 0 amide bonds. The maximum Gasteiger partial charge on any atom is 0.179 e. The molecule has 5 nitrogen and oxygen atoms in total. The first kappa shape index (κ1) is 25.9. The first-order valence-electron chi connectivity index (χ1n) is 11.4. The van der Waals surface area contributed by atoms with E-state index in [2.05, 4.69) is 4.90 Å². The molecule has 5 heteroatoms. The Morgan fingerprint density at radius 3 is 1.12 bits per heavy atom. The molecule has 0 saturated heterocycles. The number of rotatable bonds is 11. The summed E-state index contributed by atoms with van der Waals surface area (Å²) in [5, 5.41) is 0. The molecule has 0 aliphatic carbocycles. The van der Waals surface area contributed by atoms with Gasteiger partial charge in [-0.3, -0.25) is 24.3 Å². The van der Waals surface area contributed by atoms with Gasteiger partial charge in [0.2, 0.25) is 0 Å². The number of carbonyl (C=O) groups is 2. The third-order valence-electron chi connectivity index (χ3n) is 6.16. The van der Waals surface area contributed by atoms with Crippen LogP contribution in [0.4, 0.5) is 0 Å². The maximum absolute atomic E-state index is 12.8. The van der Waals surface area contributed by atoms with E-state index >= 15 is 0 Å². The van der Waals surface area contributed by atoms with Gasteiger partial charge in [-0.2, -0.15) is 0 Å². The number of nitrogens with zero attached hydrogens (tertiary/aromatic N) is 3. The molecule has 0 aliphatic rings. The van der Waals surface area contributed by atoms with Crippen molar-refractivity contribution in [2.75, 3.05) is 42.3 Å². The summed E-state index contributed by atoms with van der Waals surface area (Å²) in [6, 6.07) is 15.7. The van der Waals surface area contributed by atoms with Crippen LogP contribution in [0, 0.1) is 0 Å². The van der Waals surface area contributed by atoms with Gasteiger partial charge in [0.1, 0.15) is 0 Å². The smallest absolute Gasteiger partial charge is 0.179 e. The van der Waals surface area contributed by atoms with Crippen molar-refractivity contribution in [1.82, 2.24) is 14.7 Å². The summed E-state index contributed by atoms with van der Waals surface area (Å²) >= 11 is 0. The van der Waals surface area contributed by atoms with E-state index in [-0.39, 0.29) is 29.7 Å². The molecule has 0 saturated carbocycles. The van der Waals surface area contributed by atoms with E-state index in [0.29, 0.717) is 0 Å². The fourth-order valence-corrected chi connectivity index (χ4v) is 4.40. The van der Waals surface area contributed by atoms with Crippen LogP contribution < -0.4 is 0 Å². The Balaban J connectivity index is 2.29. The van der Waals surface area contributed by atoms with Crippen molar-refractivity contribution in [1.29, 1.82) is 0 Å². The zero-order valence-corrected chi connectivity index (χ0v) is 20.9. The van der Waals surface area contributed by atoms with Crippen molar-refractivity contribution in [2.45, 2.75) is 44.8 Å². The lowest BCUT2D eigenvalue weighted by Crippen LogP contribution is -2.35. The molecule has 0 radical (unpaired) electrons. The first-order chi connectivity index (χ1) is 15.1. The predicted molar refractivity (Wildman–Crippen MR) is 133 cm³/mol. The van der Waals surface area contributed by atoms with Crippen molar-refractivity contribution >= 4 is 11.6 Å². The molecule has 0 aliphatic heterocycles. The summed E-state index contributed by atoms with van der Waals surface area (Å²) in [7, 11) is 11.9. The minimum atomic E-state index is -0.107. The number of benzene rings is 2. The quantitative estimate of drug-likeness (QED) is 0.488. The fraction of sp³-hybridized carbons (Fsp3) is 0.481. The van der Waals surface area contributed by atoms with Crippen molar-refractivity contribution < 1.29 is 9.59 Å². The lowest BCUT2D eigenvalue weighted by Gasteiger charge is -2.26. The zero-order chi connectivity index (χ0) is 24.0. The van der Waals surface area contributed by atoms with Crippen LogP contribution in [0.25, 0.3) is 0 Å². The molecule has 0 bridgehead atoms. The number of ketones is 2. The molecular formula is C27H39N3O2. The molecule has 0 fully saturated rings. The second-order valence-corrected chi connectivity index (χ2v) is 9.11. The van der Waals surface area contributed by atoms with Crippen molar-refractivity contribution in [3.8, 4) is 0 Å². The Hall–Kier alpha value is -2.34. The lowest BCUT2D eigenvalue weighted by atomic mass is 9.93. The summed E-state index contributed by atoms with van der Waals surface area (Å²) < 4.78 is 0. The molecule has 2 aromatic carbocycles. The summed E-state index contributed by atoms with van der Waals surface area (Å²) in [5.41, 5.74) is 3.70. The van der Waals surface area contributed by atoms with Crippen LogP contribution in [0.2, 0.25) is 0 Å². The Morgan fingerprint density at radius 1 is 0.594 bits per heavy atom. The van der Waals surface area contributed by atoms with Crippen molar-refractivity contribution in [3.63, 3.8) is 0 Å². The molecule has 0 heterocycles. The largest absolute Gasteiger partial charge is 0.299 e. The van der Waals surface area contributed by atoms with E-state index < -0.39 is 0 Å². The van der Waals surface area contributed by atoms with Crippen LogP contribution in [0.1, 0.15) is 64.6 Å². The van der Waals surface area contributed by atoms with Crippen LogP contribution >= 0.6 is 0 Å². The van der Waals surface area contributed by atoms with Gasteiger partial charge in [0.25, 0.3) is 0 Å². The van der Waals surface area contributed by atoms with E-state index in [9.17, 15) is 9.59 Å². The lowest BCUT2D eigenvalue weighted by molar-refractivity contribution is 0.0864. The average molecular weight is 438 g/mol. The molecule has 174 valence electrons. The summed E-state index contributed by atoms with van der Waals surface area (Å²) in [6.07, 6.45) is 1.57. The standard InChI is InChI=1S/C27H39N3O2/c1-9-23(28(3)4)26(31)21-15-11-19(12-16-21)25(30(7)8)20-13-17-22(18-14-20)27(32)24(10-2)29(5)6/h11-18,23-25H,9-10H2,1-8H3. The van der Waals surface area contributed by atoms with Crippen molar-refractivity contribution in [2.24, 2.45) is 0 Å². The van der Waals surface area contributed by atoms with E-state index in [1.54, 1.807) is 0 Å². The Kier molecular flexibility index (Phi) is 9.32. The highest BCUT2D eigenvalue weighted by atomic mass is 16.1. The fourth-order valence-electron chi connectivity index (χ4n) is 4.40. The summed E-state index contributed by atoms with van der Waals surface area (Å²) in [4.78, 5) is 31.8. The van der Waals surface area contributed by atoms with Gasteiger partial charge in [-0.15, -0.1) is 0 Å². The van der Waals surface area contributed by atoms with Gasteiger partial charge in [-0.25, -0.2) is 0 Å². The maximum atomic E-state index is 12.8. The SMILES string of the molecule is CCC(C(=O)c1ccc(C(c2ccc(C(=O)C(CC)N(C)C)cc2)N(C)C)cc1)N(C)C. The van der Waals surface area contributed by atoms with Gasteiger partial charge < -0.3 is 0 Å². The molecule has 0 spiro atoms. The van der Waals surface area contributed by atoms with E-state index in [1.165, 1.54) is 0 Å². The van der Waals surface area contributed by atoms with E-state index in [4.69, 9.17) is 0 Å². The van der Waals surface area contributed by atoms with Crippen LogP contribution in [0.5, 0.6) is 0 Å².